The van der Waals surface area contributed by atoms with Gasteiger partial charge in [-0.2, -0.15) is 10.2 Å². The van der Waals surface area contributed by atoms with E-state index in [9.17, 15) is 0 Å². The van der Waals surface area contributed by atoms with Crippen LogP contribution in [-0.2, 0) is 0 Å². The van der Waals surface area contributed by atoms with E-state index in [-0.39, 0.29) is 5.11 Å². The van der Waals surface area contributed by atoms with Crippen molar-refractivity contribution in [1.29, 1.82) is 0 Å². The van der Waals surface area contributed by atoms with E-state index in [0.717, 1.165) is 11.1 Å². The molecule has 1 aromatic carbocycles. The highest BCUT2D eigenvalue weighted by Crippen LogP contribution is 2.14. The number of thiocarbonyl (C=S) groups is 1. The van der Waals surface area contributed by atoms with Crippen molar-refractivity contribution in [2.75, 3.05) is 5.43 Å². The Hall–Kier alpha value is -2.62. The molecule has 0 saturated heterocycles. The van der Waals surface area contributed by atoms with Crippen molar-refractivity contribution >= 4 is 47.4 Å². The highest BCUT2D eigenvalue weighted by molar-refractivity contribution is 7.80. The summed E-state index contributed by atoms with van der Waals surface area (Å²) in [6.45, 7) is 0. The zero-order chi connectivity index (χ0) is 17.6. The summed E-state index contributed by atoms with van der Waals surface area (Å²) in [5.74, 6) is 0.576. The molecule has 0 aliphatic carbocycles. The van der Waals surface area contributed by atoms with Crippen LogP contribution in [0.1, 0.15) is 5.56 Å². The van der Waals surface area contributed by atoms with Gasteiger partial charge in [-0.3, -0.25) is 15.8 Å². The Bertz CT molecular complexity index is 965. The van der Waals surface area contributed by atoms with Gasteiger partial charge in [-0.1, -0.05) is 29.8 Å². The normalized spacial score (nSPS) is 10.8. The maximum absolute atomic E-state index is 6.06. The monoisotopic (exact) mass is 389 g/mol. The first kappa shape index (κ1) is 17.2. The van der Waals surface area contributed by atoms with E-state index in [0.29, 0.717) is 15.6 Å². The molecule has 0 aliphatic rings. The molecule has 0 fully saturated rings. The van der Waals surface area contributed by atoms with Crippen LogP contribution in [0, 0.1) is 4.77 Å². The lowest BCUT2D eigenvalue weighted by Gasteiger charge is -2.10. The fourth-order valence-corrected chi connectivity index (χ4v) is 2.47. The minimum absolute atomic E-state index is 0.246. The molecule has 0 unspecified atom stereocenters. The average Bonchev–Trinajstić information content (AvgIpc) is 2.98. The number of hydrogen-bond acceptors (Lipinski definition) is 5. The lowest BCUT2D eigenvalue weighted by Crippen LogP contribution is -2.31. The topological polar surface area (TPSA) is 82.9 Å². The molecule has 3 N–H and O–H groups in total. The van der Waals surface area contributed by atoms with E-state index in [1.54, 1.807) is 29.4 Å². The van der Waals surface area contributed by atoms with Gasteiger partial charge in [0.1, 0.15) is 0 Å². The molecule has 2 aromatic heterocycles. The lowest BCUT2D eigenvalue weighted by molar-refractivity contribution is 0.925. The molecule has 0 aliphatic heterocycles. The van der Waals surface area contributed by atoms with Gasteiger partial charge in [-0.15, -0.1) is 0 Å². The van der Waals surface area contributed by atoms with Crippen molar-refractivity contribution in [3.05, 3.63) is 64.1 Å². The summed E-state index contributed by atoms with van der Waals surface area (Å²) in [6, 6.07) is 11.0. The van der Waals surface area contributed by atoms with E-state index in [4.69, 9.17) is 36.0 Å². The zero-order valence-electron chi connectivity index (χ0n) is 12.7. The Labute approximate surface area is 158 Å². The second-order valence-electron chi connectivity index (χ2n) is 4.76. The number of halogens is 1. The van der Waals surface area contributed by atoms with Crippen molar-refractivity contribution in [3.63, 3.8) is 0 Å². The molecule has 0 atom stereocenters. The molecule has 3 aromatic rings. The lowest BCUT2D eigenvalue weighted by atomic mass is 10.2. The maximum atomic E-state index is 6.06. The van der Waals surface area contributed by atoms with Crippen molar-refractivity contribution in [1.82, 2.24) is 25.3 Å². The summed E-state index contributed by atoms with van der Waals surface area (Å²) >= 11 is 16.5. The summed E-state index contributed by atoms with van der Waals surface area (Å²) in [4.78, 5) is 3.98. The number of hydrogen-bond donors (Lipinski definition) is 3. The number of nitrogens with zero attached hydrogens (tertiary/aromatic N) is 4. The number of hydrazone groups is 1. The highest BCUT2D eigenvalue weighted by atomic mass is 35.5. The quantitative estimate of drug-likeness (QED) is 0.361. The molecule has 0 spiro atoms. The maximum Gasteiger partial charge on any atom is 0.215 e. The summed E-state index contributed by atoms with van der Waals surface area (Å²) in [5, 5.41) is 11.8. The third-order valence-corrected chi connectivity index (χ3v) is 3.90. The van der Waals surface area contributed by atoms with E-state index in [1.165, 1.54) is 0 Å². The predicted molar refractivity (Wildman–Crippen MR) is 105 cm³/mol. The van der Waals surface area contributed by atoms with Gasteiger partial charge in [0.2, 0.25) is 9.88 Å². The average molecular weight is 390 g/mol. The van der Waals surface area contributed by atoms with Gasteiger partial charge in [0, 0.05) is 28.5 Å². The SMILES string of the molecule is S=C(N/N=C\c1ccccc1Cl)Nn1c(-c2ccncc2)n[nH]c1=S. The summed E-state index contributed by atoms with van der Waals surface area (Å²) in [5.41, 5.74) is 7.25. The molecule has 3 rings (SSSR count). The molecular weight excluding hydrogens is 378 g/mol. The number of benzene rings is 1. The van der Waals surface area contributed by atoms with Crippen LogP contribution in [0.3, 0.4) is 0 Å². The Morgan fingerprint density at radius 3 is 2.76 bits per heavy atom. The van der Waals surface area contributed by atoms with Gasteiger partial charge < -0.3 is 0 Å². The minimum atomic E-state index is 0.246. The summed E-state index contributed by atoms with van der Waals surface area (Å²) in [7, 11) is 0. The van der Waals surface area contributed by atoms with Crippen LogP contribution in [0.2, 0.25) is 5.02 Å². The zero-order valence-corrected chi connectivity index (χ0v) is 15.1. The predicted octanol–water partition coefficient (Wildman–Crippen LogP) is 3.11. The number of aromatic amines is 1. The van der Waals surface area contributed by atoms with E-state index >= 15 is 0 Å². The fraction of sp³-hybridized carbons (Fsp3) is 0. The Morgan fingerprint density at radius 2 is 2.00 bits per heavy atom. The van der Waals surface area contributed by atoms with Crippen molar-refractivity contribution in [2.45, 2.75) is 0 Å². The van der Waals surface area contributed by atoms with Crippen LogP contribution in [0.25, 0.3) is 11.4 Å². The number of pyridine rings is 1. The smallest absolute Gasteiger partial charge is 0.215 e. The molecule has 0 saturated carbocycles. The third kappa shape index (κ3) is 4.27. The Kier molecular flexibility index (Phi) is 5.49. The van der Waals surface area contributed by atoms with Gasteiger partial charge in [0.15, 0.2) is 5.82 Å². The first-order chi connectivity index (χ1) is 12.1. The van der Waals surface area contributed by atoms with Crippen LogP contribution in [-0.4, -0.2) is 31.2 Å². The molecule has 7 nitrogen and oxygen atoms in total. The van der Waals surface area contributed by atoms with Gasteiger partial charge in [0.05, 0.1) is 6.21 Å². The van der Waals surface area contributed by atoms with E-state index < -0.39 is 0 Å². The number of aromatic nitrogens is 4. The molecule has 0 radical (unpaired) electrons. The number of H-pyrrole nitrogens is 1. The van der Waals surface area contributed by atoms with Crippen LogP contribution in [0.5, 0.6) is 0 Å². The Morgan fingerprint density at radius 1 is 1.24 bits per heavy atom. The molecule has 2 heterocycles. The second-order valence-corrected chi connectivity index (χ2v) is 5.96. The van der Waals surface area contributed by atoms with Crippen molar-refractivity contribution in [2.24, 2.45) is 5.10 Å². The highest BCUT2D eigenvalue weighted by Gasteiger charge is 2.09. The van der Waals surface area contributed by atoms with Gasteiger partial charge in [-0.25, -0.2) is 9.77 Å². The second kappa shape index (κ2) is 7.97. The largest absolute Gasteiger partial charge is 0.265 e. The van der Waals surface area contributed by atoms with Crippen molar-refractivity contribution in [3.8, 4) is 11.4 Å². The first-order valence-electron chi connectivity index (χ1n) is 7.07. The molecule has 25 heavy (non-hydrogen) atoms. The van der Waals surface area contributed by atoms with Crippen molar-refractivity contribution < 1.29 is 0 Å². The van der Waals surface area contributed by atoms with Gasteiger partial charge >= 0.3 is 0 Å². The number of rotatable bonds is 4. The molecule has 126 valence electrons. The first-order valence-corrected chi connectivity index (χ1v) is 8.27. The van der Waals surface area contributed by atoms with Crippen LogP contribution in [0.4, 0.5) is 0 Å². The third-order valence-electron chi connectivity index (χ3n) is 3.10. The van der Waals surface area contributed by atoms with Crippen LogP contribution >= 0.6 is 36.0 Å². The van der Waals surface area contributed by atoms with E-state index in [1.807, 2.05) is 30.3 Å². The number of nitrogens with one attached hydrogen (secondary N) is 3. The molecule has 0 bridgehead atoms. The van der Waals surface area contributed by atoms with Crippen LogP contribution in [0.15, 0.2) is 53.9 Å². The van der Waals surface area contributed by atoms with E-state index in [2.05, 4.69) is 31.1 Å². The summed E-state index contributed by atoms with van der Waals surface area (Å²) < 4.78 is 1.91. The standard InChI is InChI=1S/C15H12ClN7S2/c16-12-4-2-1-3-11(12)9-18-20-14(24)22-23-13(19-21-15(23)25)10-5-7-17-8-6-10/h1-9H,(H,21,25)(H2,20,22,24)/b18-9-. The molecular formula is C15H12ClN7S2. The van der Waals surface area contributed by atoms with Crippen LogP contribution < -0.4 is 10.9 Å². The van der Waals surface area contributed by atoms with Gasteiger partial charge in [-0.05, 0) is 42.6 Å². The Balaban J connectivity index is 1.71. The molecule has 0 amide bonds. The van der Waals surface area contributed by atoms with Gasteiger partial charge in [0.25, 0.3) is 0 Å². The minimum Gasteiger partial charge on any atom is -0.265 e. The summed E-state index contributed by atoms with van der Waals surface area (Å²) in [6.07, 6.45) is 4.92. The fourth-order valence-electron chi connectivity index (χ4n) is 1.96. The molecule has 10 heteroatoms.